The number of hydrogen-bond donors (Lipinski definition) is 0. The Bertz CT molecular complexity index is 1320. The van der Waals surface area contributed by atoms with Gasteiger partial charge in [0.25, 0.3) is 11.8 Å². The predicted octanol–water partition coefficient (Wildman–Crippen LogP) is 3.16. The normalized spacial score (nSPS) is 19.6. The number of hydrogen-bond acceptors (Lipinski definition) is 5. The first-order valence-electron chi connectivity index (χ1n) is 9.88. The molecule has 1 unspecified atom stereocenters. The Morgan fingerprint density at radius 2 is 1.90 bits per heavy atom. The first-order valence-corrected chi connectivity index (χ1v) is 10.3. The minimum absolute atomic E-state index is 0.0477. The molecule has 0 saturated heterocycles. The number of amides is 2. The Morgan fingerprint density at radius 3 is 2.68 bits per heavy atom. The van der Waals surface area contributed by atoms with Crippen LogP contribution in [0.1, 0.15) is 28.1 Å². The van der Waals surface area contributed by atoms with Crippen molar-refractivity contribution >= 4 is 40.1 Å². The highest BCUT2D eigenvalue weighted by Crippen LogP contribution is 2.52. The molecule has 0 bridgehead atoms. The molecule has 3 heterocycles. The first kappa shape index (κ1) is 19.8. The number of likely N-dealkylation sites (N-methyl/N-ethyl adjacent to an activating group) is 1. The lowest BCUT2D eigenvalue weighted by Gasteiger charge is -2.33. The summed E-state index contributed by atoms with van der Waals surface area (Å²) in [7, 11) is 3.22. The molecule has 5 rings (SSSR count). The Hall–Kier alpha value is -3.16. The van der Waals surface area contributed by atoms with Crippen LogP contribution in [0.5, 0.6) is 0 Å². The maximum absolute atomic E-state index is 13.8. The second-order valence-electron chi connectivity index (χ2n) is 7.67. The molecule has 158 valence electrons. The first-order chi connectivity index (χ1) is 14.9. The van der Waals surface area contributed by atoms with E-state index in [4.69, 9.17) is 20.8 Å². The highest BCUT2D eigenvalue weighted by atomic mass is 35.5. The Labute approximate surface area is 182 Å². The van der Waals surface area contributed by atoms with Crippen LogP contribution < -0.4 is 10.3 Å². The third-order valence-corrected chi connectivity index (χ3v) is 6.29. The third-order valence-electron chi connectivity index (χ3n) is 6.06. The number of carbonyl (C=O) groups is 2. The van der Waals surface area contributed by atoms with Gasteiger partial charge < -0.3 is 19.0 Å². The summed E-state index contributed by atoms with van der Waals surface area (Å²) in [4.78, 5) is 44.0. The number of rotatable bonds is 4. The molecular formula is C23H19ClN2O5. The van der Waals surface area contributed by atoms with Crippen molar-refractivity contribution in [1.29, 1.82) is 0 Å². The van der Waals surface area contributed by atoms with E-state index < -0.39 is 16.9 Å². The summed E-state index contributed by atoms with van der Waals surface area (Å²) in [5.74, 6) is -0.957. The van der Waals surface area contributed by atoms with Gasteiger partial charge in [-0.05, 0) is 30.7 Å². The predicted molar refractivity (Wildman–Crippen MR) is 116 cm³/mol. The summed E-state index contributed by atoms with van der Waals surface area (Å²) in [5.41, 5.74) is -0.479. The second-order valence-corrected chi connectivity index (χ2v) is 8.11. The Balaban J connectivity index is 1.88. The minimum atomic E-state index is -1.58. The third kappa shape index (κ3) is 2.47. The van der Waals surface area contributed by atoms with E-state index in [9.17, 15) is 14.4 Å². The van der Waals surface area contributed by atoms with Gasteiger partial charge in [-0.3, -0.25) is 14.4 Å². The maximum Gasteiger partial charge on any atom is 0.291 e. The zero-order valence-electron chi connectivity index (χ0n) is 17.0. The molecule has 7 nitrogen and oxygen atoms in total. The van der Waals surface area contributed by atoms with Crippen molar-refractivity contribution in [3.8, 4) is 0 Å². The van der Waals surface area contributed by atoms with Crippen molar-refractivity contribution in [2.45, 2.75) is 12.0 Å². The SMILES string of the molecule is COCCCN1C(=O)c2oc3ccc(Cl)cc3c(=O)c2C12C(=O)N(C)c1ccccc12. The highest BCUT2D eigenvalue weighted by molar-refractivity contribution is 6.31. The van der Waals surface area contributed by atoms with Crippen LogP contribution >= 0.6 is 11.6 Å². The van der Waals surface area contributed by atoms with Crippen LogP contribution in [-0.2, 0) is 15.1 Å². The Kier molecular flexibility index (Phi) is 4.42. The molecule has 0 fully saturated rings. The van der Waals surface area contributed by atoms with E-state index in [0.29, 0.717) is 29.3 Å². The highest BCUT2D eigenvalue weighted by Gasteiger charge is 2.64. The summed E-state index contributed by atoms with van der Waals surface area (Å²) in [6.45, 7) is 0.627. The lowest BCUT2D eigenvalue weighted by atomic mass is 9.84. The monoisotopic (exact) mass is 438 g/mol. The van der Waals surface area contributed by atoms with Crippen LogP contribution in [0, 0.1) is 0 Å². The second kappa shape index (κ2) is 6.93. The van der Waals surface area contributed by atoms with Crippen molar-refractivity contribution in [3.63, 3.8) is 0 Å². The molecular weight excluding hydrogens is 420 g/mol. The van der Waals surface area contributed by atoms with Gasteiger partial charge >= 0.3 is 0 Å². The van der Waals surface area contributed by atoms with Crippen molar-refractivity contribution in [3.05, 3.63) is 74.6 Å². The topological polar surface area (TPSA) is 80.1 Å². The van der Waals surface area contributed by atoms with Gasteiger partial charge in [-0.25, -0.2) is 0 Å². The number of fused-ring (bicyclic) bond motifs is 5. The summed E-state index contributed by atoms with van der Waals surface area (Å²) >= 11 is 6.12. The van der Waals surface area contributed by atoms with Gasteiger partial charge in [0.2, 0.25) is 5.76 Å². The zero-order valence-corrected chi connectivity index (χ0v) is 17.7. The van der Waals surface area contributed by atoms with Crippen LogP contribution in [0.15, 0.2) is 51.7 Å². The van der Waals surface area contributed by atoms with Crippen LogP contribution in [0.4, 0.5) is 5.69 Å². The summed E-state index contributed by atoms with van der Waals surface area (Å²) < 4.78 is 11.1. The molecule has 2 aliphatic rings. The van der Waals surface area contributed by atoms with Crippen LogP contribution in [0.25, 0.3) is 11.0 Å². The van der Waals surface area contributed by atoms with E-state index in [2.05, 4.69) is 0 Å². The van der Waals surface area contributed by atoms with Gasteiger partial charge in [0.15, 0.2) is 11.0 Å². The molecule has 1 atom stereocenters. The number of benzene rings is 2. The van der Waals surface area contributed by atoms with Gasteiger partial charge in [0, 0.05) is 43.6 Å². The van der Waals surface area contributed by atoms with E-state index in [-0.39, 0.29) is 34.7 Å². The van der Waals surface area contributed by atoms with Crippen LogP contribution in [0.2, 0.25) is 5.02 Å². The van der Waals surface area contributed by atoms with Crippen molar-refractivity contribution in [2.75, 3.05) is 32.2 Å². The molecule has 0 radical (unpaired) electrons. The van der Waals surface area contributed by atoms with Gasteiger partial charge in [-0.15, -0.1) is 0 Å². The van der Waals surface area contributed by atoms with E-state index >= 15 is 0 Å². The molecule has 0 saturated carbocycles. The van der Waals surface area contributed by atoms with E-state index in [1.807, 2.05) is 6.07 Å². The lowest BCUT2D eigenvalue weighted by Crippen LogP contribution is -2.53. The molecule has 2 aromatic carbocycles. The molecule has 2 aliphatic heterocycles. The quantitative estimate of drug-likeness (QED) is 0.584. The smallest absolute Gasteiger partial charge is 0.291 e. The molecule has 0 N–H and O–H groups in total. The fraction of sp³-hybridized carbons (Fsp3) is 0.261. The molecule has 1 spiro atoms. The van der Waals surface area contributed by atoms with Crippen molar-refractivity contribution < 1.29 is 18.7 Å². The largest absolute Gasteiger partial charge is 0.450 e. The van der Waals surface area contributed by atoms with Gasteiger partial charge in [0.05, 0.1) is 10.9 Å². The van der Waals surface area contributed by atoms with Gasteiger partial charge in [0.1, 0.15) is 5.58 Å². The van der Waals surface area contributed by atoms with Crippen molar-refractivity contribution in [1.82, 2.24) is 4.90 Å². The fourth-order valence-corrected chi connectivity index (χ4v) is 4.91. The van der Waals surface area contributed by atoms with Gasteiger partial charge in [-0.1, -0.05) is 29.8 Å². The van der Waals surface area contributed by atoms with Crippen molar-refractivity contribution in [2.24, 2.45) is 0 Å². The fourth-order valence-electron chi connectivity index (χ4n) is 4.73. The number of methoxy groups -OCH3 is 1. The minimum Gasteiger partial charge on any atom is -0.450 e. The molecule has 8 heteroatoms. The molecule has 2 amide bonds. The number of para-hydroxylation sites is 1. The average Bonchev–Trinajstić information content (AvgIpc) is 3.15. The molecule has 31 heavy (non-hydrogen) atoms. The molecule has 0 aliphatic carbocycles. The van der Waals surface area contributed by atoms with E-state index in [0.717, 1.165) is 0 Å². The summed E-state index contributed by atoms with van der Waals surface area (Å²) in [5, 5.41) is 0.599. The summed E-state index contributed by atoms with van der Waals surface area (Å²) in [6, 6.07) is 11.8. The standard InChI is InChI=1S/C23H19ClN2O5/c1-25-16-7-4-3-6-15(16)23(22(25)29)18-19(27)14-12-13(24)8-9-17(14)31-20(18)21(28)26(23)10-5-11-30-2/h3-4,6-9,12H,5,10-11H2,1-2H3. The van der Waals surface area contributed by atoms with Gasteiger partial charge in [-0.2, -0.15) is 0 Å². The van der Waals surface area contributed by atoms with E-state index in [1.165, 1.54) is 15.9 Å². The van der Waals surface area contributed by atoms with E-state index in [1.54, 1.807) is 44.5 Å². The number of carbonyl (C=O) groups excluding carboxylic acids is 2. The molecule has 1 aromatic heterocycles. The zero-order chi connectivity index (χ0) is 21.9. The number of halogens is 1. The average molecular weight is 439 g/mol. The lowest BCUT2D eigenvalue weighted by molar-refractivity contribution is -0.125. The Morgan fingerprint density at radius 1 is 1.13 bits per heavy atom. The van der Waals surface area contributed by atoms with Crippen LogP contribution in [0.3, 0.4) is 0 Å². The number of ether oxygens (including phenoxy) is 1. The molecule has 3 aromatic rings. The summed E-state index contributed by atoms with van der Waals surface area (Å²) in [6.07, 6.45) is 0.497. The maximum atomic E-state index is 13.8. The number of nitrogens with zero attached hydrogens (tertiary/aromatic N) is 2. The number of anilines is 1. The van der Waals surface area contributed by atoms with Crippen LogP contribution in [-0.4, -0.2) is 44.0 Å².